The van der Waals surface area contributed by atoms with Crippen LogP contribution in [0, 0.1) is 0 Å². The molecule has 1 unspecified atom stereocenters. The molecule has 0 spiro atoms. The fourth-order valence-corrected chi connectivity index (χ4v) is 1.51. The monoisotopic (exact) mass is 292 g/mol. The van der Waals surface area contributed by atoms with Crippen molar-refractivity contribution in [3.63, 3.8) is 0 Å². The van der Waals surface area contributed by atoms with Crippen molar-refractivity contribution < 1.29 is 0 Å². The van der Waals surface area contributed by atoms with Gasteiger partial charge in [0, 0.05) is 10.5 Å². The van der Waals surface area contributed by atoms with Crippen LogP contribution in [0.25, 0.3) is 0 Å². The van der Waals surface area contributed by atoms with E-state index >= 15 is 0 Å². The number of hydrogen-bond donors (Lipinski definition) is 2. The average Bonchev–Trinajstić information content (AvgIpc) is 2.16. The zero-order valence-corrected chi connectivity index (χ0v) is 9.91. The highest BCUT2D eigenvalue weighted by Crippen LogP contribution is 2.04. The van der Waals surface area contributed by atoms with Gasteiger partial charge in [-0.1, -0.05) is 52.9 Å². The van der Waals surface area contributed by atoms with Crippen molar-refractivity contribution in [2.24, 2.45) is 5.73 Å². The summed E-state index contributed by atoms with van der Waals surface area (Å²) in [5.74, 6) is 0. The van der Waals surface area contributed by atoms with E-state index in [-0.39, 0.29) is 6.15 Å². The second-order valence-electron chi connectivity index (χ2n) is 2.94. The van der Waals surface area contributed by atoms with E-state index in [2.05, 4.69) is 46.9 Å². The largest absolute Gasteiger partial charge is 0.344 e. The average molecular weight is 292 g/mol. The molecule has 1 atom stereocenters. The van der Waals surface area contributed by atoms with Gasteiger partial charge in [-0.05, 0) is 18.4 Å². The summed E-state index contributed by atoms with van der Waals surface area (Å²) in [4.78, 5) is 0. The van der Waals surface area contributed by atoms with Gasteiger partial charge in [-0.2, -0.15) is 0 Å². The van der Waals surface area contributed by atoms with Crippen LogP contribution >= 0.6 is 22.6 Å². The maximum Gasteiger partial charge on any atom is 0.0147 e. The third kappa shape index (κ3) is 5.23. The number of halogens is 1. The second-order valence-corrected chi connectivity index (χ2v) is 3.82. The molecule has 0 aliphatic heterocycles. The molecule has 1 rings (SSSR count). The number of nitrogens with two attached hydrogens (primary N) is 1. The molecule has 13 heavy (non-hydrogen) atoms. The lowest BCUT2D eigenvalue weighted by molar-refractivity contribution is 0.682. The Hall–Kier alpha value is -0.130. The van der Waals surface area contributed by atoms with Crippen molar-refractivity contribution in [1.29, 1.82) is 0 Å². The molecule has 0 bridgehead atoms. The highest BCUT2D eigenvalue weighted by Gasteiger charge is 1.99. The second kappa shape index (κ2) is 7.29. The molecule has 1 aromatic carbocycles. The Bertz CT molecular complexity index is 213. The fourth-order valence-electron chi connectivity index (χ4n) is 1.07. The number of aryl methyl sites for hydroxylation is 1. The van der Waals surface area contributed by atoms with Crippen molar-refractivity contribution in [2.45, 2.75) is 18.9 Å². The first kappa shape index (κ1) is 12.9. The van der Waals surface area contributed by atoms with Crippen LogP contribution in [-0.4, -0.2) is 10.5 Å². The Morgan fingerprint density at radius 3 is 2.38 bits per heavy atom. The van der Waals surface area contributed by atoms with E-state index in [0.717, 1.165) is 17.3 Å². The maximum absolute atomic E-state index is 5.81. The first-order valence-electron chi connectivity index (χ1n) is 4.18. The maximum atomic E-state index is 5.81. The summed E-state index contributed by atoms with van der Waals surface area (Å²) in [7, 11) is 0. The van der Waals surface area contributed by atoms with Crippen LogP contribution in [0.3, 0.4) is 0 Å². The first-order valence-corrected chi connectivity index (χ1v) is 5.71. The number of hydrogen-bond acceptors (Lipinski definition) is 2. The number of rotatable bonds is 4. The Labute approximate surface area is 93.6 Å². The third-order valence-corrected chi connectivity index (χ3v) is 2.98. The Morgan fingerprint density at radius 1 is 1.23 bits per heavy atom. The summed E-state index contributed by atoms with van der Waals surface area (Å²) in [6, 6.07) is 10.9. The molecule has 0 saturated carbocycles. The number of benzene rings is 1. The van der Waals surface area contributed by atoms with Gasteiger partial charge in [0.25, 0.3) is 0 Å². The predicted octanol–water partition coefficient (Wildman–Crippen LogP) is 2.54. The van der Waals surface area contributed by atoms with Crippen molar-refractivity contribution in [3.8, 4) is 0 Å². The molecule has 2 nitrogen and oxygen atoms in total. The van der Waals surface area contributed by atoms with Gasteiger partial charge in [0.15, 0.2) is 0 Å². The minimum atomic E-state index is 0. The zero-order valence-electron chi connectivity index (χ0n) is 7.75. The van der Waals surface area contributed by atoms with E-state index in [4.69, 9.17) is 5.73 Å². The van der Waals surface area contributed by atoms with Gasteiger partial charge in [-0.25, -0.2) is 0 Å². The van der Waals surface area contributed by atoms with Crippen LogP contribution in [0.5, 0.6) is 0 Å². The van der Waals surface area contributed by atoms with Crippen molar-refractivity contribution in [3.05, 3.63) is 35.9 Å². The molecule has 0 fully saturated rings. The Morgan fingerprint density at radius 2 is 1.85 bits per heavy atom. The summed E-state index contributed by atoms with van der Waals surface area (Å²) < 4.78 is 1.05. The highest BCUT2D eigenvalue weighted by molar-refractivity contribution is 14.1. The topological polar surface area (TPSA) is 61.0 Å². The van der Waals surface area contributed by atoms with Gasteiger partial charge in [0.2, 0.25) is 0 Å². The van der Waals surface area contributed by atoms with Crippen LogP contribution in [0.4, 0.5) is 0 Å². The van der Waals surface area contributed by atoms with E-state index in [1.165, 1.54) is 5.56 Å². The summed E-state index contributed by atoms with van der Waals surface area (Å²) in [5, 5.41) is 0. The van der Waals surface area contributed by atoms with E-state index < -0.39 is 0 Å². The van der Waals surface area contributed by atoms with E-state index in [0.29, 0.717) is 6.04 Å². The first-order chi connectivity index (χ1) is 5.83. The molecular weight excluding hydrogens is 275 g/mol. The molecule has 0 aliphatic rings. The van der Waals surface area contributed by atoms with Gasteiger partial charge < -0.3 is 11.9 Å². The van der Waals surface area contributed by atoms with Gasteiger partial charge in [-0.15, -0.1) is 0 Å². The predicted molar refractivity (Wildman–Crippen MR) is 66.6 cm³/mol. The lowest BCUT2D eigenvalue weighted by atomic mass is 10.1. The molecule has 5 N–H and O–H groups in total. The standard InChI is InChI=1S/C10H14IN.H3N/c11-8-10(12)7-6-9-4-2-1-3-5-9;/h1-5,10H,6-8,12H2;1H3. The lowest BCUT2D eigenvalue weighted by Gasteiger charge is -2.06. The van der Waals surface area contributed by atoms with Crippen molar-refractivity contribution in [2.75, 3.05) is 4.43 Å². The van der Waals surface area contributed by atoms with Gasteiger partial charge in [-0.3, -0.25) is 0 Å². The molecule has 0 amide bonds. The Kier molecular flexibility index (Phi) is 7.22. The molecule has 1 aromatic rings. The Balaban J connectivity index is 0.00000144. The molecule has 0 aromatic heterocycles. The van der Waals surface area contributed by atoms with Crippen LogP contribution in [0.2, 0.25) is 0 Å². The molecule has 0 heterocycles. The molecular formula is C10H17IN2. The van der Waals surface area contributed by atoms with Crippen molar-refractivity contribution in [1.82, 2.24) is 6.15 Å². The lowest BCUT2D eigenvalue weighted by Crippen LogP contribution is -2.21. The van der Waals surface area contributed by atoms with Crippen LogP contribution in [-0.2, 0) is 6.42 Å². The molecule has 0 saturated heterocycles. The van der Waals surface area contributed by atoms with E-state index in [1.54, 1.807) is 0 Å². The van der Waals surface area contributed by atoms with E-state index in [9.17, 15) is 0 Å². The van der Waals surface area contributed by atoms with Crippen molar-refractivity contribution >= 4 is 22.6 Å². The molecule has 0 aliphatic carbocycles. The number of alkyl halides is 1. The summed E-state index contributed by atoms with van der Waals surface area (Å²) >= 11 is 2.33. The van der Waals surface area contributed by atoms with Crippen LogP contribution in [0.15, 0.2) is 30.3 Å². The zero-order chi connectivity index (χ0) is 8.81. The van der Waals surface area contributed by atoms with Gasteiger partial charge >= 0.3 is 0 Å². The smallest absolute Gasteiger partial charge is 0.0147 e. The van der Waals surface area contributed by atoms with Gasteiger partial charge in [0.05, 0.1) is 0 Å². The quantitative estimate of drug-likeness (QED) is 0.661. The minimum absolute atomic E-state index is 0. The molecule has 3 heteroatoms. The summed E-state index contributed by atoms with van der Waals surface area (Å²) in [5.41, 5.74) is 7.20. The van der Waals surface area contributed by atoms with Crippen LogP contribution in [0.1, 0.15) is 12.0 Å². The third-order valence-electron chi connectivity index (χ3n) is 1.84. The molecule has 0 radical (unpaired) electrons. The summed E-state index contributed by atoms with van der Waals surface area (Å²) in [6.07, 6.45) is 2.19. The fraction of sp³-hybridized carbons (Fsp3) is 0.400. The minimum Gasteiger partial charge on any atom is -0.344 e. The highest BCUT2D eigenvalue weighted by atomic mass is 127. The van der Waals surface area contributed by atoms with Crippen LogP contribution < -0.4 is 11.9 Å². The molecule has 74 valence electrons. The van der Waals surface area contributed by atoms with Gasteiger partial charge in [0.1, 0.15) is 0 Å². The summed E-state index contributed by atoms with van der Waals surface area (Å²) in [6.45, 7) is 0. The SMILES string of the molecule is N.NC(CI)CCc1ccccc1. The normalized spacial score (nSPS) is 11.8. The van der Waals surface area contributed by atoms with E-state index in [1.807, 2.05) is 6.07 Å².